The molecule has 1 heterocycles. The zero-order valence-corrected chi connectivity index (χ0v) is 13.9. The van der Waals surface area contributed by atoms with Gasteiger partial charge in [-0.3, -0.25) is 4.90 Å². The molecule has 0 aromatic heterocycles. The van der Waals surface area contributed by atoms with Gasteiger partial charge in [-0.2, -0.15) is 0 Å². The number of aryl methyl sites for hydroxylation is 1. The summed E-state index contributed by atoms with van der Waals surface area (Å²) in [5.74, 6) is 0. The van der Waals surface area contributed by atoms with Gasteiger partial charge in [-0.15, -0.1) is 0 Å². The molecule has 1 aliphatic heterocycles. The molecule has 118 valence electrons. The fourth-order valence-corrected chi connectivity index (χ4v) is 3.32. The Balaban J connectivity index is 1.99. The number of hydrogen-bond donors (Lipinski definition) is 1. The Morgan fingerprint density at radius 1 is 1.24 bits per heavy atom. The van der Waals surface area contributed by atoms with Crippen LogP contribution in [0.15, 0.2) is 30.3 Å². The summed E-state index contributed by atoms with van der Waals surface area (Å²) in [6, 6.07) is 11.4. The van der Waals surface area contributed by atoms with Gasteiger partial charge in [0.15, 0.2) is 0 Å². The second-order valence-electron chi connectivity index (χ2n) is 6.68. The van der Waals surface area contributed by atoms with Crippen LogP contribution in [0.5, 0.6) is 0 Å². The predicted octanol–water partition coefficient (Wildman–Crippen LogP) is 2.36. The molecule has 1 aromatic rings. The van der Waals surface area contributed by atoms with E-state index in [4.69, 9.17) is 5.73 Å². The van der Waals surface area contributed by atoms with Crippen molar-refractivity contribution in [3.63, 3.8) is 0 Å². The van der Waals surface area contributed by atoms with Crippen molar-refractivity contribution in [3.8, 4) is 0 Å². The van der Waals surface area contributed by atoms with Crippen LogP contribution in [0.25, 0.3) is 0 Å². The summed E-state index contributed by atoms with van der Waals surface area (Å²) >= 11 is 0. The molecule has 1 aromatic carbocycles. The van der Waals surface area contributed by atoms with E-state index in [0.29, 0.717) is 6.04 Å². The molecule has 0 saturated carbocycles. The zero-order chi connectivity index (χ0) is 15.3. The topological polar surface area (TPSA) is 32.5 Å². The fraction of sp³-hybridized carbons (Fsp3) is 0.667. The van der Waals surface area contributed by atoms with E-state index in [1.54, 1.807) is 0 Å². The Labute approximate surface area is 130 Å². The first kappa shape index (κ1) is 16.5. The molecule has 2 N–H and O–H groups in total. The normalized spacial score (nSPS) is 23.9. The largest absolute Gasteiger partial charge is 0.329 e. The first-order valence-electron chi connectivity index (χ1n) is 8.28. The maximum absolute atomic E-state index is 6.17. The average molecular weight is 289 g/mol. The Bertz CT molecular complexity index is 420. The van der Waals surface area contributed by atoms with Crippen molar-refractivity contribution in [2.45, 2.75) is 44.7 Å². The van der Waals surface area contributed by atoms with Crippen LogP contribution in [0.2, 0.25) is 0 Å². The molecule has 0 bridgehead atoms. The van der Waals surface area contributed by atoms with Gasteiger partial charge in [0.25, 0.3) is 0 Å². The molecular weight excluding hydrogens is 258 g/mol. The van der Waals surface area contributed by atoms with Crippen molar-refractivity contribution in [2.24, 2.45) is 5.73 Å². The number of hydrogen-bond acceptors (Lipinski definition) is 3. The Morgan fingerprint density at radius 2 is 1.95 bits per heavy atom. The van der Waals surface area contributed by atoms with Crippen LogP contribution < -0.4 is 5.73 Å². The van der Waals surface area contributed by atoms with Crippen LogP contribution in [-0.2, 0) is 6.42 Å². The maximum Gasteiger partial charge on any atom is 0.0307 e. The van der Waals surface area contributed by atoms with Crippen LogP contribution in [0.4, 0.5) is 0 Å². The summed E-state index contributed by atoms with van der Waals surface area (Å²) in [5, 5.41) is 0. The van der Waals surface area contributed by atoms with E-state index in [9.17, 15) is 0 Å². The van der Waals surface area contributed by atoms with Crippen molar-refractivity contribution in [3.05, 3.63) is 35.9 Å². The maximum atomic E-state index is 6.17. The molecule has 21 heavy (non-hydrogen) atoms. The molecule has 3 nitrogen and oxygen atoms in total. The van der Waals surface area contributed by atoms with Gasteiger partial charge < -0.3 is 10.6 Å². The number of nitrogens with zero attached hydrogens (tertiary/aromatic N) is 2. The van der Waals surface area contributed by atoms with Crippen molar-refractivity contribution >= 4 is 0 Å². The molecule has 2 atom stereocenters. The van der Waals surface area contributed by atoms with E-state index in [1.165, 1.54) is 12.0 Å². The van der Waals surface area contributed by atoms with E-state index in [1.807, 2.05) is 0 Å². The molecule has 0 radical (unpaired) electrons. The van der Waals surface area contributed by atoms with Gasteiger partial charge >= 0.3 is 0 Å². The first-order valence-corrected chi connectivity index (χ1v) is 8.28. The van der Waals surface area contributed by atoms with E-state index >= 15 is 0 Å². The number of benzene rings is 1. The summed E-state index contributed by atoms with van der Waals surface area (Å²) < 4.78 is 0. The van der Waals surface area contributed by atoms with Gasteiger partial charge in [-0.25, -0.2) is 0 Å². The van der Waals surface area contributed by atoms with Crippen LogP contribution in [0.1, 0.15) is 32.3 Å². The minimum Gasteiger partial charge on any atom is -0.329 e. The number of rotatable bonds is 6. The van der Waals surface area contributed by atoms with Gasteiger partial charge in [-0.05, 0) is 38.8 Å². The zero-order valence-electron chi connectivity index (χ0n) is 13.9. The third kappa shape index (κ3) is 4.06. The van der Waals surface area contributed by atoms with Crippen molar-refractivity contribution in [2.75, 3.05) is 33.2 Å². The molecule has 0 amide bonds. The van der Waals surface area contributed by atoms with E-state index in [2.05, 4.69) is 61.0 Å². The molecule has 1 fully saturated rings. The lowest BCUT2D eigenvalue weighted by Crippen LogP contribution is -2.61. The number of likely N-dealkylation sites (N-methyl/N-ethyl adjacent to an activating group) is 1. The lowest BCUT2D eigenvalue weighted by atomic mass is 9.89. The van der Waals surface area contributed by atoms with Gasteiger partial charge in [0, 0.05) is 37.8 Å². The summed E-state index contributed by atoms with van der Waals surface area (Å²) in [4.78, 5) is 5.12. The summed E-state index contributed by atoms with van der Waals surface area (Å²) in [7, 11) is 2.25. The fourth-order valence-electron chi connectivity index (χ4n) is 3.32. The highest BCUT2D eigenvalue weighted by Crippen LogP contribution is 2.25. The van der Waals surface area contributed by atoms with Gasteiger partial charge in [0.1, 0.15) is 0 Å². The van der Waals surface area contributed by atoms with Crippen molar-refractivity contribution in [1.82, 2.24) is 9.80 Å². The second-order valence-corrected chi connectivity index (χ2v) is 6.68. The minimum absolute atomic E-state index is 0.116. The third-order valence-electron chi connectivity index (χ3n) is 5.25. The number of nitrogens with two attached hydrogens (primary N) is 1. The molecule has 0 spiro atoms. The number of piperazine rings is 1. The van der Waals surface area contributed by atoms with E-state index in [-0.39, 0.29) is 5.54 Å². The molecule has 3 heteroatoms. The van der Waals surface area contributed by atoms with E-state index < -0.39 is 0 Å². The van der Waals surface area contributed by atoms with Crippen LogP contribution in [0, 0.1) is 0 Å². The molecule has 1 aliphatic rings. The van der Waals surface area contributed by atoms with Crippen LogP contribution in [-0.4, -0.2) is 54.6 Å². The quantitative estimate of drug-likeness (QED) is 0.872. The van der Waals surface area contributed by atoms with Crippen LogP contribution >= 0.6 is 0 Å². The molecule has 2 unspecified atom stereocenters. The lowest BCUT2D eigenvalue weighted by Gasteiger charge is -2.48. The molecule has 1 saturated heterocycles. The van der Waals surface area contributed by atoms with Crippen LogP contribution in [0.3, 0.4) is 0 Å². The average Bonchev–Trinajstić information content (AvgIpc) is 2.54. The monoisotopic (exact) mass is 289 g/mol. The highest BCUT2D eigenvalue weighted by Gasteiger charge is 2.34. The lowest BCUT2D eigenvalue weighted by molar-refractivity contribution is 0.0166. The first-order chi connectivity index (χ1) is 10.1. The van der Waals surface area contributed by atoms with Crippen molar-refractivity contribution in [1.29, 1.82) is 0 Å². The molecule has 0 aliphatic carbocycles. The highest BCUT2D eigenvalue weighted by molar-refractivity contribution is 5.15. The van der Waals surface area contributed by atoms with Gasteiger partial charge in [-0.1, -0.05) is 37.3 Å². The Kier molecular flexibility index (Phi) is 5.80. The summed E-state index contributed by atoms with van der Waals surface area (Å²) in [6.07, 6.45) is 3.46. The Hall–Kier alpha value is -0.900. The second kappa shape index (κ2) is 7.39. The third-order valence-corrected chi connectivity index (χ3v) is 5.25. The predicted molar refractivity (Wildman–Crippen MR) is 90.5 cm³/mol. The molecular formula is C18H31N3. The van der Waals surface area contributed by atoms with Crippen molar-refractivity contribution < 1.29 is 0 Å². The van der Waals surface area contributed by atoms with E-state index in [0.717, 1.165) is 39.0 Å². The Morgan fingerprint density at radius 3 is 2.57 bits per heavy atom. The summed E-state index contributed by atoms with van der Waals surface area (Å²) in [5.41, 5.74) is 7.70. The van der Waals surface area contributed by atoms with Gasteiger partial charge in [0.05, 0.1) is 0 Å². The SMILES string of the molecule is CCC1CN(C(C)(CN)CCc2ccccc2)CCN1C. The summed E-state index contributed by atoms with van der Waals surface area (Å²) in [6.45, 7) is 8.80. The highest BCUT2D eigenvalue weighted by atomic mass is 15.3. The standard InChI is InChI=1S/C18H31N3/c1-4-17-14-21(13-12-20(17)3)18(2,15-19)11-10-16-8-6-5-7-9-16/h5-9,17H,4,10-15,19H2,1-3H3. The van der Waals surface area contributed by atoms with Gasteiger partial charge in [0.2, 0.25) is 0 Å². The molecule has 2 rings (SSSR count). The minimum atomic E-state index is 0.116. The smallest absolute Gasteiger partial charge is 0.0307 e.